The summed E-state index contributed by atoms with van der Waals surface area (Å²) in [4.78, 5) is 13.3. The minimum Gasteiger partial charge on any atom is -0.364 e. The highest BCUT2D eigenvalue weighted by Gasteiger charge is 2.36. The highest BCUT2D eigenvalue weighted by atomic mass is 19.4. The minimum absolute atomic E-state index is 0.00511. The van der Waals surface area contributed by atoms with Crippen LogP contribution in [0.25, 0.3) is 0 Å². The molecule has 1 N–H and O–H groups in total. The number of aromatic nitrogens is 2. The van der Waals surface area contributed by atoms with Gasteiger partial charge in [-0.1, -0.05) is 0 Å². The maximum Gasteiger partial charge on any atom is 0.419 e. The lowest BCUT2D eigenvalue weighted by molar-refractivity contribution is -0.139. The third-order valence-corrected chi connectivity index (χ3v) is 4.12. The normalized spacial score (nSPS) is 14.4. The highest BCUT2D eigenvalue weighted by Crippen LogP contribution is 2.36. The highest BCUT2D eigenvalue weighted by molar-refractivity contribution is 5.62. The molecular formula is C15H12F4N4O. The first-order valence-corrected chi connectivity index (χ1v) is 7.05. The molecule has 1 aliphatic heterocycles. The molecule has 2 aromatic rings. The van der Waals surface area contributed by atoms with Gasteiger partial charge in [-0.05, 0) is 18.6 Å². The summed E-state index contributed by atoms with van der Waals surface area (Å²) < 4.78 is 54.0. The first-order chi connectivity index (χ1) is 11.2. The Labute approximate surface area is 133 Å². The van der Waals surface area contributed by atoms with Gasteiger partial charge in [-0.25, -0.2) is 4.39 Å². The number of alkyl halides is 3. The van der Waals surface area contributed by atoms with Crippen LogP contribution in [-0.2, 0) is 26.2 Å². The summed E-state index contributed by atoms with van der Waals surface area (Å²) in [6.07, 6.45) is -4.52. The van der Waals surface area contributed by atoms with Crippen molar-refractivity contribution in [3.63, 3.8) is 0 Å². The average Bonchev–Trinajstić information content (AvgIpc) is 2.80. The predicted octanol–water partition coefficient (Wildman–Crippen LogP) is 2.31. The van der Waals surface area contributed by atoms with Crippen molar-refractivity contribution >= 4 is 5.69 Å². The van der Waals surface area contributed by atoms with Crippen molar-refractivity contribution in [2.75, 3.05) is 11.4 Å². The summed E-state index contributed by atoms with van der Waals surface area (Å²) in [5, 5.41) is 11.7. The van der Waals surface area contributed by atoms with Gasteiger partial charge < -0.3 is 4.90 Å². The Kier molecular flexibility index (Phi) is 3.63. The Balaban J connectivity index is 2.08. The molecule has 2 heterocycles. The average molecular weight is 340 g/mol. The zero-order chi connectivity index (χ0) is 17.6. The first kappa shape index (κ1) is 16.1. The molecular weight excluding hydrogens is 328 g/mol. The number of hydrogen-bond donors (Lipinski definition) is 1. The third-order valence-electron chi connectivity index (χ3n) is 4.12. The molecule has 24 heavy (non-hydrogen) atoms. The molecule has 1 aliphatic rings. The van der Waals surface area contributed by atoms with Crippen LogP contribution < -0.4 is 10.5 Å². The van der Waals surface area contributed by atoms with Gasteiger partial charge in [0, 0.05) is 19.2 Å². The molecule has 9 heteroatoms. The summed E-state index contributed by atoms with van der Waals surface area (Å²) in [7, 11) is 1.63. The number of nitrogens with one attached hydrogen (secondary N) is 1. The molecule has 0 aliphatic carbocycles. The SMILES string of the molecule is Cn1[nH]c(=O)c2c1CN(c1cc(C(F)(F)F)c(F)cc1C#N)CC2. The summed E-state index contributed by atoms with van der Waals surface area (Å²) in [5.74, 6) is -1.48. The van der Waals surface area contributed by atoms with E-state index in [1.54, 1.807) is 18.0 Å². The van der Waals surface area contributed by atoms with Gasteiger partial charge in [-0.2, -0.15) is 18.4 Å². The van der Waals surface area contributed by atoms with E-state index in [1.807, 2.05) is 0 Å². The fraction of sp³-hybridized carbons (Fsp3) is 0.333. The minimum atomic E-state index is -4.85. The molecule has 0 spiro atoms. The Morgan fingerprint density at radius 3 is 2.67 bits per heavy atom. The topological polar surface area (TPSA) is 64.8 Å². The molecule has 0 bridgehead atoms. The number of benzene rings is 1. The summed E-state index contributed by atoms with van der Waals surface area (Å²) in [6.45, 7) is 0.417. The van der Waals surface area contributed by atoms with Crippen LogP contribution >= 0.6 is 0 Å². The number of aryl methyl sites for hydroxylation is 1. The second-order valence-electron chi connectivity index (χ2n) is 5.56. The number of nitrogens with zero attached hydrogens (tertiary/aromatic N) is 3. The number of H-pyrrole nitrogens is 1. The second-order valence-corrected chi connectivity index (χ2v) is 5.56. The van der Waals surface area contributed by atoms with E-state index in [1.165, 1.54) is 4.68 Å². The number of nitriles is 1. The van der Waals surface area contributed by atoms with Crippen molar-refractivity contribution in [3.8, 4) is 6.07 Å². The van der Waals surface area contributed by atoms with Gasteiger partial charge in [0.05, 0.1) is 29.1 Å². The van der Waals surface area contributed by atoms with Crippen LogP contribution in [0.2, 0.25) is 0 Å². The van der Waals surface area contributed by atoms with Crippen molar-refractivity contribution in [3.05, 3.63) is 50.7 Å². The fourth-order valence-corrected chi connectivity index (χ4v) is 2.92. The molecule has 5 nitrogen and oxygen atoms in total. The zero-order valence-electron chi connectivity index (χ0n) is 12.5. The van der Waals surface area contributed by atoms with Crippen molar-refractivity contribution < 1.29 is 17.6 Å². The van der Waals surface area contributed by atoms with Crippen LogP contribution in [0.15, 0.2) is 16.9 Å². The van der Waals surface area contributed by atoms with E-state index in [9.17, 15) is 22.4 Å². The van der Waals surface area contributed by atoms with Crippen LogP contribution in [0.4, 0.5) is 23.2 Å². The molecule has 126 valence electrons. The maximum absolute atomic E-state index is 13.6. The van der Waals surface area contributed by atoms with Crippen molar-refractivity contribution in [1.82, 2.24) is 9.78 Å². The van der Waals surface area contributed by atoms with Gasteiger partial charge in [-0.3, -0.25) is 14.6 Å². The summed E-state index contributed by atoms with van der Waals surface area (Å²) in [6, 6.07) is 2.99. The molecule has 3 rings (SSSR count). The van der Waals surface area contributed by atoms with E-state index in [0.717, 1.165) is 0 Å². The van der Waals surface area contributed by atoms with Crippen LogP contribution in [0, 0.1) is 17.1 Å². The monoisotopic (exact) mass is 340 g/mol. The van der Waals surface area contributed by atoms with E-state index in [4.69, 9.17) is 5.26 Å². The Hall–Kier alpha value is -2.76. The smallest absolute Gasteiger partial charge is 0.364 e. The quantitative estimate of drug-likeness (QED) is 0.810. The molecule has 0 saturated carbocycles. The van der Waals surface area contributed by atoms with Crippen LogP contribution in [0.5, 0.6) is 0 Å². The van der Waals surface area contributed by atoms with Crippen molar-refractivity contribution in [2.45, 2.75) is 19.1 Å². The third kappa shape index (κ3) is 2.54. The number of rotatable bonds is 1. The lowest BCUT2D eigenvalue weighted by Crippen LogP contribution is -2.33. The first-order valence-electron chi connectivity index (χ1n) is 7.05. The van der Waals surface area contributed by atoms with E-state index < -0.39 is 17.6 Å². The molecule has 0 radical (unpaired) electrons. The largest absolute Gasteiger partial charge is 0.419 e. The number of aromatic amines is 1. The number of anilines is 1. The van der Waals surface area contributed by atoms with Gasteiger partial charge in [-0.15, -0.1) is 0 Å². The van der Waals surface area contributed by atoms with Crippen LogP contribution in [-0.4, -0.2) is 16.3 Å². The van der Waals surface area contributed by atoms with Crippen molar-refractivity contribution in [1.29, 1.82) is 5.26 Å². The Morgan fingerprint density at radius 1 is 1.33 bits per heavy atom. The summed E-state index contributed by atoms with van der Waals surface area (Å²) in [5.41, 5.74) is -0.610. The predicted molar refractivity (Wildman–Crippen MR) is 76.9 cm³/mol. The molecule has 0 amide bonds. The standard InChI is InChI=1S/C15H12F4N4O/c1-22-13-7-23(3-2-9(13)14(24)21-22)12-5-10(15(17,18)19)11(16)4-8(12)6-20/h4-5H,2-3,7H2,1H3,(H,21,24). The van der Waals surface area contributed by atoms with E-state index >= 15 is 0 Å². The number of fused-ring (bicyclic) bond motifs is 1. The summed E-state index contributed by atoms with van der Waals surface area (Å²) >= 11 is 0. The number of halogens is 4. The van der Waals surface area contributed by atoms with Crippen LogP contribution in [0.1, 0.15) is 22.4 Å². The Bertz CT molecular complexity index is 904. The lowest BCUT2D eigenvalue weighted by atomic mass is 10.0. The van der Waals surface area contributed by atoms with Gasteiger partial charge in [0.2, 0.25) is 0 Å². The molecule has 0 saturated heterocycles. The van der Waals surface area contributed by atoms with E-state index in [2.05, 4.69) is 5.10 Å². The molecule has 0 unspecified atom stereocenters. The van der Waals surface area contributed by atoms with Gasteiger partial charge in [0.25, 0.3) is 5.56 Å². The lowest BCUT2D eigenvalue weighted by Gasteiger charge is -2.30. The molecule has 0 atom stereocenters. The molecule has 1 aromatic heterocycles. The van der Waals surface area contributed by atoms with Gasteiger partial charge >= 0.3 is 6.18 Å². The van der Waals surface area contributed by atoms with Gasteiger partial charge in [0.1, 0.15) is 11.9 Å². The molecule has 1 aromatic carbocycles. The number of hydrogen-bond acceptors (Lipinski definition) is 3. The second kappa shape index (κ2) is 5.40. The molecule has 0 fully saturated rings. The zero-order valence-corrected chi connectivity index (χ0v) is 12.5. The van der Waals surface area contributed by atoms with Crippen LogP contribution in [0.3, 0.4) is 0 Å². The maximum atomic E-state index is 13.6. The van der Waals surface area contributed by atoms with E-state index in [-0.39, 0.29) is 29.9 Å². The van der Waals surface area contributed by atoms with Gasteiger partial charge in [0.15, 0.2) is 0 Å². The van der Waals surface area contributed by atoms with Crippen molar-refractivity contribution in [2.24, 2.45) is 7.05 Å². The Morgan fingerprint density at radius 2 is 2.04 bits per heavy atom. The fourth-order valence-electron chi connectivity index (χ4n) is 2.92. The van der Waals surface area contributed by atoms with E-state index in [0.29, 0.717) is 29.8 Å².